The van der Waals surface area contributed by atoms with Gasteiger partial charge in [0.2, 0.25) is 18.3 Å². The number of rotatable bonds is 8. The average molecular weight is 496 g/mol. The van der Waals surface area contributed by atoms with Gasteiger partial charge < -0.3 is 20.4 Å². The van der Waals surface area contributed by atoms with E-state index in [2.05, 4.69) is 32.5 Å². The van der Waals surface area contributed by atoms with Crippen molar-refractivity contribution in [1.29, 1.82) is 0 Å². The van der Waals surface area contributed by atoms with Crippen LogP contribution in [0.4, 0.5) is 27.5 Å². The van der Waals surface area contributed by atoms with Crippen molar-refractivity contribution < 1.29 is 14.0 Å². The normalized spacial score (nSPS) is 21.0. The van der Waals surface area contributed by atoms with Crippen molar-refractivity contribution >= 4 is 35.5 Å². The Hall–Kier alpha value is -3.27. The number of aromatic nitrogens is 2. The monoisotopic (exact) mass is 495 g/mol. The Morgan fingerprint density at radius 3 is 2.64 bits per heavy atom. The number of carbonyl (C=O) groups excluding carboxylic acids is 2. The van der Waals surface area contributed by atoms with Gasteiger partial charge in [-0.3, -0.25) is 14.5 Å². The van der Waals surface area contributed by atoms with E-state index in [1.54, 1.807) is 17.2 Å². The van der Waals surface area contributed by atoms with Crippen molar-refractivity contribution in [2.24, 2.45) is 5.92 Å². The Kier molecular flexibility index (Phi) is 7.31. The lowest BCUT2D eigenvalue weighted by atomic mass is 9.99. The van der Waals surface area contributed by atoms with Crippen molar-refractivity contribution in [2.75, 3.05) is 54.9 Å². The van der Waals surface area contributed by atoms with Crippen molar-refractivity contribution in [1.82, 2.24) is 20.2 Å². The molecule has 36 heavy (non-hydrogen) atoms. The van der Waals surface area contributed by atoms with Crippen LogP contribution in [0, 0.1) is 11.7 Å². The number of carbonyl (C=O) groups is 2. The van der Waals surface area contributed by atoms with E-state index in [0.717, 1.165) is 70.3 Å². The molecule has 3 aliphatic rings. The number of halogens is 1. The van der Waals surface area contributed by atoms with E-state index < -0.39 is 0 Å². The molecule has 2 amide bonds. The summed E-state index contributed by atoms with van der Waals surface area (Å²) in [5, 5.41) is 5.98. The minimum Gasteiger partial charge on any atom is -0.367 e. The highest BCUT2D eigenvalue weighted by atomic mass is 19.1. The third-order valence-corrected chi connectivity index (χ3v) is 7.59. The molecule has 1 aromatic carbocycles. The fraction of sp³-hybridized carbons (Fsp3) is 0.538. The minimum atomic E-state index is -0.297. The predicted molar refractivity (Wildman–Crippen MR) is 137 cm³/mol. The Labute approximate surface area is 211 Å². The first-order valence-electron chi connectivity index (χ1n) is 12.9. The van der Waals surface area contributed by atoms with Crippen LogP contribution >= 0.6 is 0 Å². The molecule has 3 heterocycles. The molecular formula is C26H34FN7O2. The molecule has 2 saturated heterocycles. The maximum absolute atomic E-state index is 15.0. The van der Waals surface area contributed by atoms with E-state index in [0.29, 0.717) is 36.1 Å². The highest BCUT2D eigenvalue weighted by Crippen LogP contribution is 2.32. The van der Waals surface area contributed by atoms with Crippen LogP contribution in [0.3, 0.4) is 0 Å². The molecule has 1 aromatic heterocycles. The standard InChI is InChI=1S/C26H34FN7O2/c1-32-10-12-33(13-11-32)23-7-6-20(15-22(23)27)30-26-29-16-19(14-18-8-9-28-25(18)36)24(31-26)34(17-35)21-4-2-3-5-21/h6-7,15-18,21H,2-5,8-14H2,1H3,(H,28,36)(H,29,30,31)/t18-/m0/s1. The number of benzene rings is 1. The second-order valence-corrected chi connectivity index (χ2v) is 10.1. The summed E-state index contributed by atoms with van der Waals surface area (Å²) in [5.74, 6) is 0.399. The molecule has 2 N–H and O–H groups in total. The fourth-order valence-corrected chi connectivity index (χ4v) is 5.44. The highest BCUT2D eigenvalue weighted by Gasteiger charge is 2.30. The number of anilines is 4. The molecule has 1 saturated carbocycles. The molecule has 0 radical (unpaired) electrons. The number of nitrogens with one attached hydrogen (secondary N) is 2. The number of piperazine rings is 1. The molecular weight excluding hydrogens is 461 g/mol. The summed E-state index contributed by atoms with van der Waals surface area (Å²) in [5.41, 5.74) is 1.91. The molecule has 3 fully saturated rings. The molecule has 2 aliphatic heterocycles. The van der Waals surface area contributed by atoms with Gasteiger partial charge >= 0.3 is 0 Å². The maximum Gasteiger partial charge on any atom is 0.229 e. The predicted octanol–water partition coefficient (Wildman–Crippen LogP) is 2.70. The maximum atomic E-state index is 15.0. The van der Waals surface area contributed by atoms with Gasteiger partial charge in [0, 0.05) is 62.1 Å². The lowest BCUT2D eigenvalue weighted by molar-refractivity contribution is -0.122. The number of likely N-dealkylation sites (N-methyl/N-ethyl adjacent to an activating group) is 1. The first-order chi connectivity index (χ1) is 17.5. The third-order valence-electron chi connectivity index (χ3n) is 7.59. The van der Waals surface area contributed by atoms with Gasteiger partial charge in [-0.05, 0) is 50.9 Å². The number of amides is 2. The molecule has 5 rings (SSSR count). The topological polar surface area (TPSA) is 93.7 Å². The van der Waals surface area contributed by atoms with Crippen LogP contribution in [0.25, 0.3) is 0 Å². The Balaban J connectivity index is 1.38. The first kappa shape index (κ1) is 24.4. The van der Waals surface area contributed by atoms with Crippen LogP contribution in [0.1, 0.15) is 37.7 Å². The van der Waals surface area contributed by atoms with E-state index in [1.807, 2.05) is 6.07 Å². The quantitative estimate of drug-likeness (QED) is 0.544. The van der Waals surface area contributed by atoms with E-state index in [-0.39, 0.29) is 23.7 Å². The smallest absolute Gasteiger partial charge is 0.229 e. The average Bonchev–Trinajstić information content (AvgIpc) is 3.54. The largest absolute Gasteiger partial charge is 0.367 e. The van der Waals surface area contributed by atoms with Crippen LogP contribution < -0.4 is 20.4 Å². The summed E-state index contributed by atoms with van der Waals surface area (Å²) < 4.78 is 15.0. The lowest BCUT2D eigenvalue weighted by Crippen LogP contribution is -2.44. The summed E-state index contributed by atoms with van der Waals surface area (Å²) in [7, 11) is 2.07. The van der Waals surface area contributed by atoms with Crippen molar-refractivity contribution in [2.45, 2.75) is 44.6 Å². The first-order valence-corrected chi connectivity index (χ1v) is 12.9. The van der Waals surface area contributed by atoms with Crippen molar-refractivity contribution in [3.05, 3.63) is 35.8 Å². The summed E-state index contributed by atoms with van der Waals surface area (Å²) in [6.45, 7) is 4.04. The molecule has 0 unspecified atom stereocenters. The van der Waals surface area contributed by atoms with Gasteiger partial charge in [-0.25, -0.2) is 9.37 Å². The SMILES string of the molecule is CN1CCN(c2ccc(Nc3ncc(C[C@@H]4CCNC4=O)c(N(C=O)C4CCCC4)n3)cc2F)CC1. The second-order valence-electron chi connectivity index (χ2n) is 10.1. The van der Waals surface area contributed by atoms with Crippen LogP contribution in [0.2, 0.25) is 0 Å². The Bertz CT molecular complexity index is 1100. The third kappa shape index (κ3) is 5.28. The zero-order valence-corrected chi connectivity index (χ0v) is 20.8. The van der Waals surface area contributed by atoms with E-state index in [9.17, 15) is 9.59 Å². The van der Waals surface area contributed by atoms with Gasteiger partial charge in [-0.1, -0.05) is 12.8 Å². The van der Waals surface area contributed by atoms with Gasteiger partial charge in [0.25, 0.3) is 0 Å². The number of hydrogen-bond acceptors (Lipinski definition) is 7. The number of hydrogen-bond donors (Lipinski definition) is 2. The summed E-state index contributed by atoms with van der Waals surface area (Å²) in [4.78, 5) is 39.5. The summed E-state index contributed by atoms with van der Waals surface area (Å²) in [6, 6.07) is 5.15. The second kappa shape index (κ2) is 10.8. The molecule has 192 valence electrons. The van der Waals surface area contributed by atoms with Crippen molar-refractivity contribution in [3.8, 4) is 0 Å². The van der Waals surface area contributed by atoms with Gasteiger partial charge in [0.15, 0.2) is 0 Å². The summed E-state index contributed by atoms with van der Waals surface area (Å²) >= 11 is 0. The van der Waals surface area contributed by atoms with Crippen LogP contribution in [0.5, 0.6) is 0 Å². The zero-order chi connectivity index (χ0) is 25.1. The van der Waals surface area contributed by atoms with Crippen LogP contribution in [0.15, 0.2) is 24.4 Å². The van der Waals surface area contributed by atoms with Crippen LogP contribution in [-0.4, -0.2) is 73.0 Å². The molecule has 1 atom stereocenters. The van der Waals surface area contributed by atoms with Crippen molar-refractivity contribution in [3.63, 3.8) is 0 Å². The lowest BCUT2D eigenvalue weighted by Gasteiger charge is -2.34. The highest BCUT2D eigenvalue weighted by molar-refractivity contribution is 5.82. The van der Waals surface area contributed by atoms with E-state index in [4.69, 9.17) is 4.98 Å². The minimum absolute atomic E-state index is 0.0255. The Morgan fingerprint density at radius 1 is 1.19 bits per heavy atom. The molecule has 2 aromatic rings. The van der Waals surface area contributed by atoms with Gasteiger partial charge in [-0.2, -0.15) is 4.98 Å². The zero-order valence-electron chi connectivity index (χ0n) is 20.8. The molecule has 0 bridgehead atoms. The number of nitrogens with zero attached hydrogens (tertiary/aromatic N) is 5. The van der Waals surface area contributed by atoms with Gasteiger partial charge in [0.05, 0.1) is 5.69 Å². The van der Waals surface area contributed by atoms with E-state index in [1.165, 1.54) is 6.07 Å². The summed E-state index contributed by atoms with van der Waals surface area (Å²) in [6.07, 6.45) is 7.76. The van der Waals surface area contributed by atoms with Gasteiger partial charge in [-0.15, -0.1) is 0 Å². The fourth-order valence-electron chi connectivity index (χ4n) is 5.44. The molecule has 9 nitrogen and oxygen atoms in total. The molecule has 0 spiro atoms. The molecule has 1 aliphatic carbocycles. The van der Waals surface area contributed by atoms with E-state index >= 15 is 4.39 Å². The Morgan fingerprint density at radius 2 is 1.97 bits per heavy atom. The van der Waals surface area contributed by atoms with Gasteiger partial charge in [0.1, 0.15) is 11.6 Å². The molecule has 10 heteroatoms. The van der Waals surface area contributed by atoms with Crippen LogP contribution in [-0.2, 0) is 16.0 Å².